The van der Waals surface area contributed by atoms with Crippen LogP contribution in [0.3, 0.4) is 0 Å². The molecule has 0 aliphatic carbocycles. The van der Waals surface area contributed by atoms with Gasteiger partial charge in [0.25, 0.3) is 11.8 Å². The van der Waals surface area contributed by atoms with Crippen LogP contribution < -0.4 is 0 Å². The van der Waals surface area contributed by atoms with Gasteiger partial charge in [-0.2, -0.15) is 0 Å². The molecule has 0 N–H and O–H groups in total. The van der Waals surface area contributed by atoms with Crippen LogP contribution in [0.1, 0.15) is 32.0 Å². The van der Waals surface area contributed by atoms with Gasteiger partial charge in [-0.25, -0.2) is 0 Å². The first kappa shape index (κ1) is 16.2. The fourth-order valence-electron chi connectivity index (χ4n) is 2.83. The molecule has 4 rings (SSSR count). The molecule has 3 aromatic rings. The fourth-order valence-corrected chi connectivity index (χ4v) is 3.70. The molecule has 0 radical (unpaired) electrons. The molecule has 126 valence electrons. The van der Waals surface area contributed by atoms with Gasteiger partial charge in [-0.3, -0.25) is 19.5 Å². The van der Waals surface area contributed by atoms with E-state index in [-0.39, 0.29) is 11.8 Å². The van der Waals surface area contributed by atoms with Crippen molar-refractivity contribution < 1.29 is 9.59 Å². The molecule has 5 heteroatoms. The molecule has 26 heavy (non-hydrogen) atoms. The zero-order chi connectivity index (χ0) is 17.9. The zero-order valence-corrected chi connectivity index (χ0v) is 14.6. The first-order valence-corrected chi connectivity index (χ1v) is 9.00. The predicted molar refractivity (Wildman–Crippen MR) is 101 cm³/mol. The second-order valence-electron chi connectivity index (χ2n) is 5.76. The van der Waals surface area contributed by atoms with Gasteiger partial charge in [0.05, 0.1) is 16.0 Å². The van der Waals surface area contributed by atoms with Crippen LogP contribution in [-0.2, 0) is 0 Å². The van der Waals surface area contributed by atoms with E-state index in [0.717, 1.165) is 15.3 Å². The number of aromatic nitrogens is 1. The van der Waals surface area contributed by atoms with Gasteiger partial charge >= 0.3 is 0 Å². The molecule has 4 nitrogen and oxygen atoms in total. The Hall–Kier alpha value is -3.23. The molecular formula is C21H14N2O2S. The van der Waals surface area contributed by atoms with Crippen LogP contribution in [0, 0.1) is 11.8 Å². The van der Waals surface area contributed by atoms with Crippen LogP contribution in [0.5, 0.6) is 0 Å². The largest absolute Gasteiger partial charge is 0.273 e. The molecule has 0 fully saturated rings. The summed E-state index contributed by atoms with van der Waals surface area (Å²) in [6.45, 7) is 0.306. The number of hydrogen-bond acceptors (Lipinski definition) is 4. The highest BCUT2D eigenvalue weighted by Gasteiger charge is 2.34. The van der Waals surface area contributed by atoms with E-state index < -0.39 is 0 Å². The lowest BCUT2D eigenvalue weighted by molar-refractivity contribution is 0.0658. The monoisotopic (exact) mass is 358 g/mol. The Balaban J connectivity index is 1.40. The lowest BCUT2D eigenvalue weighted by Crippen LogP contribution is -2.30. The van der Waals surface area contributed by atoms with Crippen molar-refractivity contribution >= 4 is 23.2 Å². The second kappa shape index (κ2) is 6.95. The molecule has 0 bridgehead atoms. The van der Waals surface area contributed by atoms with Crippen molar-refractivity contribution in [1.82, 2.24) is 9.88 Å². The third kappa shape index (κ3) is 3.03. The first-order chi connectivity index (χ1) is 12.7. The number of carbonyl (C=O) groups excluding carboxylic acids is 2. The molecule has 1 aliphatic rings. The molecule has 1 aliphatic heterocycles. The molecule has 2 amide bonds. The molecule has 0 atom stereocenters. The minimum Gasteiger partial charge on any atom is -0.273 e. The van der Waals surface area contributed by atoms with Gasteiger partial charge in [-0.05, 0) is 30.3 Å². The Kier molecular flexibility index (Phi) is 4.34. The molecular weight excluding hydrogens is 344 g/mol. The van der Waals surface area contributed by atoms with Crippen molar-refractivity contribution in [2.75, 3.05) is 6.54 Å². The summed E-state index contributed by atoms with van der Waals surface area (Å²) in [6.07, 6.45) is 4.02. The van der Waals surface area contributed by atoms with Crippen molar-refractivity contribution in [1.29, 1.82) is 0 Å². The third-order valence-electron chi connectivity index (χ3n) is 4.10. The van der Waals surface area contributed by atoms with Gasteiger partial charge in [-0.1, -0.05) is 30.0 Å². The number of nitrogens with zero attached hydrogens (tertiary/aromatic N) is 2. The maximum atomic E-state index is 12.3. The summed E-state index contributed by atoms with van der Waals surface area (Å²) in [4.78, 5) is 32.0. The van der Waals surface area contributed by atoms with Crippen LogP contribution in [0.15, 0.2) is 60.9 Å². The number of carbonyl (C=O) groups is 2. The summed E-state index contributed by atoms with van der Waals surface area (Å²) < 4.78 is 0. The van der Waals surface area contributed by atoms with Gasteiger partial charge in [0.15, 0.2) is 0 Å². The molecule has 0 saturated carbocycles. The Labute approximate surface area is 155 Å². The van der Waals surface area contributed by atoms with E-state index in [1.807, 2.05) is 30.5 Å². The lowest BCUT2D eigenvalue weighted by atomic mass is 10.1. The van der Waals surface area contributed by atoms with Crippen LogP contribution in [0.4, 0.5) is 0 Å². The van der Waals surface area contributed by atoms with Crippen molar-refractivity contribution in [3.8, 4) is 22.3 Å². The van der Waals surface area contributed by atoms with Gasteiger partial charge < -0.3 is 0 Å². The normalized spacial score (nSPS) is 12.7. The third-order valence-corrected chi connectivity index (χ3v) is 5.15. The highest BCUT2D eigenvalue weighted by Crippen LogP contribution is 2.27. The van der Waals surface area contributed by atoms with Crippen LogP contribution in [0.2, 0.25) is 0 Å². The first-order valence-electron chi connectivity index (χ1n) is 8.18. The second-order valence-corrected chi connectivity index (χ2v) is 6.85. The molecule has 0 saturated heterocycles. The van der Waals surface area contributed by atoms with Gasteiger partial charge in [0.1, 0.15) is 0 Å². The van der Waals surface area contributed by atoms with Crippen molar-refractivity contribution in [3.63, 3.8) is 0 Å². The van der Waals surface area contributed by atoms with E-state index in [2.05, 4.69) is 16.8 Å². The molecule has 1 aromatic carbocycles. The summed E-state index contributed by atoms with van der Waals surface area (Å²) >= 11 is 1.60. The number of amides is 2. The van der Waals surface area contributed by atoms with Gasteiger partial charge in [-0.15, -0.1) is 11.3 Å². The summed E-state index contributed by atoms with van der Waals surface area (Å²) in [6, 6.07) is 14.8. The minimum absolute atomic E-state index is 0.234. The number of fused-ring (bicyclic) bond motifs is 1. The van der Waals surface area contributed by atoms with Gasteiger partial charge in [0, 0.05) is 35.8 Å². The maximum Gasteiger partial charge on any atom is 0.261 e. The molecule has 0 spiro atoms. The smallest absolute Gasteiger partial charge is 0.261 e. The number of thiophene rings is 1. The van der Waals surface area contributed by atoms with Gasteiger partial charge in [0.2, 0.25) is 0 Å². The summed E-state index contributed by atoms with van der Waals surface area (Å²) in [5.74, 6) is 5.70. The standard InChI is InChI=1S/C21H14N2O2S/c24-20-17-8-1-2-9-18(17)21(25)23(20)13-4-3-7-16-10-11-19(26-16)15-6-5-12-22-14-15/h1-2,5-6,8-12,14H,4,13H2. The SMILES string of the molecule is O=C1c2ccccc2C(=O)N1CCC#Cc1ccc(-c2cccnc2)s1. The number of pyridine rings is 1. The molecule has 3 heterocycles. The Bertz CT molecular complexity index is 1010. The van der Waals surface area contributed by atoms with E-state index in [1.54, 1.807) is 41.8 Å². The Morgan fingerprint density at radius 3 is 2.42 bits per heavy atom. The average Bonchev–Trinajstić information content (AvgIpc) is 3.25. The molecule has 2 aromatic heterocycles. The van der Waals surface area contributed by atoms with Crippen LogP contribution in [0.25, 0.3) is 10.4 Å². The van der Waals surface area contributed by atoms with Crippen molar-refractivity contribution in [3.05, 3.63) is 76.9 Å². The predicted octanol–water partition coefficient (Wildman–Crippen LogP) is 3.85. The Morgan fingerprint density at radius 2 is 1.73 bits per heavy atom. The number of imide groups is 1. The zero-order valence-electron chi connectivity index (χ0n) is 13.8. The van der Waals surface area contributed by atoms with Crippen molar-refractivity contribution in [2.24, 2.45) is 0 Å². The van der Waals surface area contributed by atoms with Crippen LogP contribution in [-0.4, -0.2) is 28.2 Å². The number of benzene rings is 1. The van der Waals surface area contributed by atoms with E-state index >= 15 is 0 Å². The van der Waals surface area contributed by atoms with Crippen molar-refractivity contribution in [2.45, 2.75) is 6.42 Å². The topological polar surface area (TPSA) is 50.3 Å². The highest BCUT2D eigenvalue weighted by molar-refractivity contribution is 7.16. The van der Waals surface area contributed by atoms with Crippen LogP contribution >= 0.6 is 11.3 Å². The van der Waals surface area contributed by atoms with E-state index in [4.69, 9.17) is 0 Å². The quantitative estimate of drug-likeness (QED) is 0.528. The summed E-state index contributed by atoms with van der Waals surface area (Å²) in [7, 11) is 0. The number of rotatable bonds is 3. The van der Waals surface area contributed by atoms with E-state index in [9.17, 15) is 9.59 Å². The molecule has 0 unspecified atom stereocenters. The Morgan fingerprint density at radius 1 is 0.962 bits per heavy atom. The average molecular weight is 358 g/mol. The minimum atomic E-state index is -0.234. The number of hydrogen-bond donors (Lipinski definition) is 0. The fraction of sp³-hybridized carbons (Fsp3) is 0.0952. The lowest BCUT2D eigenvalue weighted by Gasteiger charge is -2.10. The van der Waals surface area contributed by atoms with E-state index in [0.29, 0.717) is 24.1 Å². The van der Waals surface area contributed by atoms with E-state index in [1.165, 1.54) is 4.90 Å². The summed E-state index contributed by atoms with van der Waals surface area (Å²) in [5, 5.41) is 0. The highest BCUT2D eigenvalue weighted by atomic mass is 32.1. The maximum absolute atomic E-state index is 12.3. The summed E-state index contributed by atoms with van der Waals surface area (Å²) in [5.41, 5.74) is 2.02.